The summed E-state index contributed by atoms with van der Waals surface area (Å²) in [4.78, 5) is 5.51. The predicted molar refractivity (Wildman–Crippen MR) is 99.9 cm³/mol. The SMILES string of the molecule is CCNC(=NCC(O)c1ccc(OC(F)(F)F)cc1)NC(C)c1cccs1. The van der Waals surface area contributed by atoms with Crippen LogP contribution in [0.25, 0.3) is 0 Å². The first-order chi connectivity index (χ1) is 12.8. The number of aliphatic imine (C=N–C) groups is 1. The molecule has 1 aromatic heterocycles. The van der Waals surface area contributed by atoms with Gasteiger partial charge in [0.05, 0.1) is 18.7 Å². The number of hydrogen-bond donors (Lipinski definition) is 3. The number of hydrogen-bond acceptors (Lipinski definition) is 4. The Kier molecular flexibility index (Phi) is 7.49. The fourth-order valence-electron chi connectivity index (χ4n) is 2.31. The molecule has 148 valence electrons. The summed E-state index contributed by atoms with van der Waals surface area (Å²) in [5.41, 5.74) is 0.454. The average Bonchev–Trinajstić information content (AvgIpc) is 3.13. The van der Waals surface area contributed by atoms with E-state index in [-0.39, 0.29) is 18.3 Å². The molecule has 2 unspecified atom stereocenters. The third-order valence-corrected chi connectivity index (χ3v) is 4.64. The van der Waals surface area contributed by atoms with Crippen LogP contribution in [0.2, 0.25) is 0 Å². The highest BCUT2D eigenvalue weighted by molar-refractivity contribution is 7.10. The molecule has 9 heteroatoms. The molecule has 0 amide bonds. The van der Waals surface area contributed by atoms with Crippen LogP contribution in [0.3, 0.4) is 0 Å². The fourth-order valence-corrected chi connectivity index (χ4v) is 3.04. The topological polar surface area (TPSA) is 65.9 Å². The molecule has 1 aromatic carbocycles. The van der Waals surface area contributed by atoms with Crippen molar-refractivity contribution in [3.05, 3.63) is 52.2 Å². The molecule has 0 aliphatic rings. The van der Waals surface area contributed by atoms with Crippen molar-refractivity contribution in [1.29, 1.82) is 0 Å². The molecule has 0 fully saturated rings. The van der Waals surface area contributed by atoms with Gasteiger partial charge in [0.2, 0.25) is 0 Å². The van der Waals surface area contributed by atoms with Crippen LogP contribution in [0.5, 0.6) is 5.75 Å². The standard InChI is InChI=1S/C18H22F3N3O2S/c1-3-22-17(24-12(2)16-5-4-10-27-16)23-11-15(25)13-6-8-14(9-7-13)26-18(19,20)21/h4-10,12,15,25H,3,11H2,1-2H3,(H2,22,23,24). The molecule has 5 nitrogen and oxygen atoms in total. The third-order valence-electron chi connectivity index (χ3n) is 3.59. The molecule has 2 rings (SSSR count). The van der Waals surface area contributed by atoms with Crippen LogP contribution in [0.1, 0.15) is 36.4 Å². The van der Waals surface area contributed by atoms with Crippen molar-refractivity contribution in [2.75, 3.05) is 13.1 Å². The minimum atomic E-state index is -4.74. The summed E-state index contributed by atoms with van der Waals surface area (Å²) in [7, 11) is 0. The van der Waals surface area contributed by atoms with Crippen molar-refractivity contribution < 1.29 is 23.0 Å². The molecule has 0 radical (unpaired) electrons. The van der Waals surface area contributed by atoms with Gasteiger partial charge in [-0.05, 0) is 43.0 Å². The number of aliphatic hydroxyl groups excluding tert-OH is 1. The Morgan fingerprint density at radius 1 is 1.26 bits per heavy atom. The second-order valence-corrected chi connectivity index (χ2v) is 6.71. The number of alkyl halides is 3. The Labute approximate surface area is 159 Å². The molecule has 3 N–H and O–H groups in total. The van der Waals surface area contributed by atoms with Crippen LogP contribution < -0.4 is 15.4 Å². The second-order valence-electron chi connectivity index (χ2n) is 5.73. The largest absolute Gasteiger partial charge is 0.573 e. The van der Waals surface area contributed by atoms with E-state index >= 15 is 0 Å². The van der Waals surface area contributed by atoms with Gasteiger partial charge in [0.1, 0.15) is 5.75 Å². The summed E-state index contributed by atoms with van der Waals surface area (Å²) in [6, 6.07) is 9.14. The van der Waals surface area contributed by atoms with Gasteiger partial charge >= 0.3 is 6.36 Å². The van der Waals surface area contributed by atoms with Crippen molar-refractivity contribution >= 4 is 17.3 Å². The minimum absolute atomic E-state index is 0.0544. The van der Waals surface area contributed by atoms with E-state index in [0.717, 1.165) is 17.0 Å². The van der Waals surface area contributed by atoms with Gasteiger partial charge < -0.3 is 20.5 Å². The summed E-state index contributed by atoms with van der Waals surface area (Å²) in [5, 5.41) is 18.6. The Hall–Kier alpha value is -2.26. The van der Waals surface area contributed by atoms with Crippen LogP contribution in [-0.2, 0) is 0 Å². The van der Waals surface area contributed by atoms with Crippen LogP contribution in [0.4, 0.5) is 13.2 Å². The average molecular weight is 401 g/mol. The normalized spacial score (nSPS) is 14.5. The van der Waals surface area contributed by atoms with Crippen molar-refractivity contribution in [2.24, 2.45) is 4.99 Å². The number of nitrogens with one attached hydrogen (secondary N) is 2. The first-order valence-electron chi connectivity index (χ1n) is 8.40. The molecule has 2 aromatic rings. The maximum Gasteiger partial charge on any atom is 0.573 e. The molecule has 0 aliphatic carbocycles. The van der Waals surface area contributed by atoms with E-state index in [1.807, 2.05) is 31.4 Å². The Balaban J connectivity index is 1.97. The van der Waals surface area contributed by atoms with E-state index in [0.29, 0.717) is 18.1 Å². The Morgan fingerprint density at radius 3 is 2.52 bits per heavy atom. The van der Waals surface area contributed by atoms with Gasteiger partial charge in [0, 0.05) is 11.4 Å². The number of rotatable bonds is 7. The van der Waals surface area contributed by atoms with E-state index in [4.69, 9.17) is 0 Å². The Morgan fingerprint density at radius 2 is 1.96 bits per heavy atom. The number of aliphatic hydroxyl groups is 1. The van der Waals surface area contributed by atoms with Crippen molar-refractivity contribution in [2.45, 2.75) is 32.4 Å². The van der Waals surface area contributed by atoms with Gasteiger partial charge in [0.15, 0.2) is 5.96 Å². The van der Waals surface area contributed by atoms with Crippen molar-refractivity contribution in [3.8, 4) is 5.75 Å². The van der Waals surface area contributed by atoms with E-state index in [9.17, 15) is 18.3 Å². The lowest BCUT2D eigenvalue weighted by molar-refractivity contribution is -0.274. The quantitative estimate of drug-likeness (QED) is 0.485. The zero-order chi connectivity index (χ0) is 19.9. The number of halogens is 3. The van der Waals surface area contributed by atoms with E-state index < -0.39 is 12.5 Å². The van der Waals surface area contributed by atoms with Crippen molar-refractivity contribution in [3.63, 3.8) is 0 Å². The van der Waals surface area contributed by atoms with Gasteiger partial charge in [-0.25, -0.2) is 0 Å². The molecule has 0 saturated heterocycles. The molecular weight excluding hydrogens is 379 g/mol. The molecule has 0 spiro atoms. The molecular formula is C18H22F3N3O2S. The van der Waals surface area contributed by atoms with Crippen molar-refractivity contribution in [1.82, 2.24) is 10.6 Å². The lowest BCUT2D eigenvalue weighted by atomic mass is 10.1. The first kappa shape index (κ1) is 21.0. The maximum absolute atomic E-state index is 12.2. The molecule has 1 heterocycles. The van der Waals surface area contributed by atoms with Crippen LogP contribution in [0, 0.1) is 0 Å². The molecule has 0 saturated carbocycles. The highest BCUT2D eigenvalue weighted by Gasteiger charge is 2.31. The number of thiophene rings is 1. The van der Waals surface area contributed by atoms with Gasteiger partial charge in [-0.2, -0.15) is 0 Å². The summed E-state index contributed by atoms with van der Waals surface area (Å²) >= 11 is 1.63. The van der Waals surface area contributed by atoms with E-state index in [1.54, 1.807) is 11.3 Å². The number of ether oxygens (including phenoxy) is 1. The molecule has 0 bridgehead atoms. The molecule has 27 heavy (non-hydrogen) atoms. The zero-order valence-corrected chi connectivity index (χ0v) is 15.8. The smallest absolute Gasteiger partial charge is 0.406 e. The third kappa shape index (κ3) is 7.10. The predicted octanol–water partition coefficient (Wildman–Crippen LogP) is 4.00. The lowest BCUT2D eigenvalue weighted by Crippen LogP contribution is -2.38. The highest BCUT2D eigenvalue weighted by Crippen LogP contribution is 2.24. The number of benzene rings is 1. The fraction of sp³-hybridized carbons (Fsp3) is 0.389. The molecule has 2 atom stereocenters. The second kappa shape index (κ2) is 9.61. The monoisotopic (exact) mass is 401 g/mol. The van der Waals surface area contributed by atoms with E-state index in [1.165, 1.54) is 12.1 Å². The first-order valence-corrected chi connectivity index (χ1v) is 9.28. The van der Waals surface area contributed by atoms with Gasteiger partial charge in [-0.15, -0.1) is 24.5 Å². The lowest BCUT2D eigenvalue weighted by Gasteiger charge is -2.17. The summed E-state index contributed by atoms with van der Waals surface area (Å²) < 4.78 is 40.4. The van der Waals surface area contributed by atoms with Crippen LogP contribution >= 0.6 is 11.3 Å². The summed E-state index contributed by atoms with van der Waals surface area (Å²) in [6.45, 7) is 4.66. The summed E-state index contributed by atoms with van der Waals surface area (Å²) in [6.07, 6.45) is -5.69. The number of guanidine groups is 1. The molecule has 0 aliphatic heterocycles. The highest BCUT2D eigenvalue weighted by atomic mass is 32.1. The van der Waals surface area contributed by atoms with E-state index in [2.05, 4.69) is 20.4 Å². The van der Waals surface area contributed by atoms with Crippen LogP contribution in [0.15, 0.2) is 46.8 Å². The van der Waals surface area contributed by atoms with Gasteiger partial charge in [0.25, 0.3) is 0 Å². The Bertz CT molecular complexity index is 718. The zero-order valence-electron chi connectivity index (χ0n) is 15.0. The van der Waals surface area contributed by atoms with Gasteiger partial charge in [-0.3, -0.25) is 4.99 Å². The number of nitrogens with zero attached hydrogens (tertiary/aromatic N) is 1. The summed E-state index contributed by atoms with van der Waals surface area (Å²) in [5.74, 6) is 0.219. The van der Waals surface area contributed by atoms with Crippen LogP contribution in [-0.4, -0.2) is 30.5 Å². The minimum Gasteiger partial charge on any atom is -0.406 e. The maximum atomic E-state index is 12.2. The van der Waals surface area contributed by atoms with Gasteiger partial charge in [-0.1, -0.05) is 18.2 Å².